The molecule has 5 heteroatoms. The standard InChI is InChI=1S/C15H20N2O3/c1-11-4-3-7-16(9-11)10-17-13-6-5-12(19-2)8-14(13)20-15(17)18/h5-6,8,11H,3-4,7,9-10H2,1-2H3. The quantitative estimate of drug-likeness (QED) is 0.863. The van der Waals surface area contributed by atoms with Crippen LogP contribution in [0.3, 0.4) is 0 Å². The van der Waals surface area contributed by atoms with Crippen LogP contribution in [0.1, 0.15) is 19.8 Å². The Hall–Kier alpha value is -1.75. The van der Waals surface area contributed by atoms with E-state index in [4.69, 9.17) is 9.15 Å². The van der Waals surface area contributed by atoms with Crippen LogP contribution >= 0.6 is 0 Å². The van der Waals surface area contributed by atoms with Crippen LogP contribution in [0.2, 0.25) is 0 Å². The maximum absolute atomic E-state index is 12.0. The number of rotatable bonds is 3. The van der Waals surface area contributed by atoms with Crippen molar-refractivity contribution in [2.45, 2.75) is 26.4 Å². The Morgan fingerprint density at radius 1 is 1.45 bits per heavy atom. The number of oxazole rings is 1. The second kappa shape index (κ2) is 5.32. The number of fused-ring (bicyclic) bond motifs is 1. The van der Waals surface area contributed by atoms with Crippen molar-refractivity contribution in [1.82, 2.24) is 9.47 Å². The Kier molecular flexibility index (Phi) is 3.53. The van der Waals surface area contributed by atoms with E-state index in [1.807, 2.05) is 12.1 Å². The number of likely N-dealkylation sites (tertiary alicyclic amines) is 1. The Morgan fingerprint density at radius 3 is 3.05 bits per heavy atom. The third kappa shape index (κ3) is 2.45. The Bertz CT molecular complexity index is 659. The van der Waals surface area contributed by atoms with Gasteiger partial charge < -0.3 is 9.15 Å². The van der Waals surface area contributed by atoms with E-state index in [0.717, 1.165) is 18.6 Å². The van der Waals surface area contributed by atoms with Crippen molar-refractivity contribution in [3.8, 4) is 5.75 Å². The zero-order chi connectivity index (χ0) is 14.1. The molecule has 1 unspecified atom stereocenters. The number of ether oxygens (including phenoxy) is 1. The predicted molar refractivity (Wildman–Crippen MR) is 77.0 cm³/mol. The number of piperidine rings is 1. The van der Waals surface area contributed by atoms with E-state index < -0.39 is 0 Å². The maximum Gasteiger partial charge on any atom is 0.421 e. The molecule has 1 aliphatic heterocycles. The van der Waals surface area contributed by atoms with Gasteiger partial charge in [-0.2, -0.15) is 0 Å². The molecule has 5 nitrogen and oxygen atoms in total. The lowest BCUT2D eigenvalue weighted by Gasteiger charge is -2.30. The fourth-order valence-corrected chi connectivity index (χ4v) is 2.92. The topological polar surface area (TPSA) is 47.6 Å². The summed E-state index contributed by atoms with van der Waals surface area (Å²) in [5.41, 5.74) is 1.41. The molecule has 1 atom stereocenters. The summed E-state index contributed by atoms with van der Waals surface area (Å²) in [7, 11) is 1.60. The molecule has 0 amide bonds. The van der Waals surface area contributed by atoms with E-state index >= 15 is 0 Å². The maximum atomic E-state index is 12.0. The van der Waals surface area contributed by atoms with Gasteiger partial charge in [0.25, 0.3) is 0 Å². The number of benzene rings is 1. The van der Waals surface area contributed by atoms with Gasteiger partial charge in [-0.1, -0.05) is 6.92 Å². The third-order valence-corrected chi connectivity index (χ3v) is 3.96. The molecule has 0 bridgehead atoms. The van der Waals surface area contributed by atoms with Crippen LogP contribution in [-0.4, -0.2) is 29.7 Å². The molecule has 1 aromatic heterocycles. The summed E-state index contributed by atoms with van der Waals surface area (Å²) in [5, 5.41) is 0. The normalized spacial score (nSPS) is 20.4. The lowest BCUT2D eigenvalue weighted by atomic mass is 10.0. The fourth-order valence-electron chi connectivity index (χ4n) is 2.92. The molecule has 20 heavy (non-hydrogen) atoms. The number of hydrogen-bond acceptors (Lipinski definition) is 4. The summed E-state index contributed by atoms with van der Waals surface area (Å²) in [5.74, 6) is 1.09. The van der Waals surface area contributed by atoms with E-state index in [1.165, 1.54) is 12.8 Å². The number of nitrogens with zero attached hydrogens (tertiary/aromatic N) is 2. The lowest BCUT2D eigenvalue weighted by Crippen LogP contribution is -2.37. The molecule has 1 aliphatic rings. The molecule has 0 saturated carbocycles. The molecule has 1 saturated heterocycles. The van der Waals surface area contributed by atoms with Crippen molar-refractivity contribution in [2.75, 3.05) is 20.2 Å². The van der Waals surface area contributed by atoms with Crippen LogP contribution in [0.4, 0.5) is 0 Å². The summed E-state index contributed by atoms with van der Waals surface area (Å²) in [6, 6.07) is 5.49. The third-order valence-electron chi connectivity index (χ3n) is 3.96. The monoisotopic (exact) mass is 276 g/mol. The van der Waals surface area contributed by atoms with E-state index in [1.54, 1.807) is 17.7 Å². The molecule has 2 heterocycles. The van der Waals surface area contributed by atoms with Crippen molar-refractivity contribution < 1.29 is 9.15 Å². The summed E-state index contributed by atoms with van der Waals surface area (Å²) >= 11 is 0. The van der Waals surface area contributed by atoms with Gasteiger partial charge in [-0.3, -0.25) is 9.47 Å². The van der Waals surface area contributed by atoms with Crippen LogP contribution < -0.4 is 10.5 Å². The fraction of sp³-hybridized carbons (Fsp3) is 0.533. The minimum Gasteiger partial charge on any atom is -0.497 e. The van der Waals surface area contributed by atoms with Crippen LogP contribution in [0.15, 0.2) is 27.4 Å². The first-order valence-corrected chi connectivity index (χ1v) is 7.07. The summed E-state index contributed by atoms with van der Waals surface area (Å²) in [6.45, 7) is 4.94. The molecule has 2 aromatic rings. The average molecular weight is 276 g/mol. The summed E-state index contributed by atoms with van der Waals surface area (Å²) in [4.78, 5) is 14.3. The molecule has 0 N–H and O–H groups in total. The predicted octanol–water partition coefficient (Wildman–Crippen LogP) is 2.29. The highest BCUT2D eigenvalue weighted by molar-refractivity contribution is 5.74. The second-order valence-electron chi connectivity index (χ2n) is 5.60. The highest BCUT2D eigenvalue weighted by Gasteiger charge is 2.19. The van der Waals surface area contributed by atoms with E-state index in [-0.39, 0.29) is 5.76 Å². The lowest BCUT2D eigenvalue weighted by molar-refractivity contribution is 0.143. The second-order valence-corrected chi connectivity index (χ2v) is 5.60. The van der Waals surface area contributed by atoms with Crippen LogP contribution in [0.5, 0.6) is 5.75 Å². The van der Waals surface area contributed by atoms with Gasteiger partial charge in [0.05, 0.1) is 19.3 Å². The van der Waals surface area contributed by atoms with Crippen molar-refractivity contribution in [1.29, 1.82) is 0 Å². The van der Waals surface area contributed by atoms with Gasteiger partial charge in [0.1, 0.15) is 5.75 Å². The number of hydrogen-bond donors (Lipinski definition) is 0. The molecule has 3 rings (SSSR count). The van der Waals surface area contributed by atoms with Gasteiger partial charge in [-0.25, -0.2) is 4.79 Å². The highest BCUT2D eigenvalue weighted by atomic mass is 16.5. The van der Waals surface area contributed by atoms with Crippen molar-refractivity contribution >= 4 is 11.1 Å². The molecule has 1 fully saturated rings. The van der Waals surface area contributed by atoms with E-state index in [9.17, 15) is 4.79 Å². The van der Waals surface area contributed by atoms with Crippen molar-refractivity contribution in [2.24, 2.45) is 5.92 Å². The van der Waals surface area contributed by atoms with Crippen molar-refractivity contribution in [3.63, 3.8) is 0 Å². The van der Waals surface area contributed by atoms with Crippen molar-refractivity contribution in [3.05, 3.63) is 28.7 Å². The minimum atomic E-state index is -0.300. The Labute approximate surface area is 117 Å². The van der Waals surface area contributed by atoms with Crippen LogP contribution in [0.25, 0.3) is 11.1 Å². The zero-order valence-corrected chi connectivity index (χ0v) is 12.0. The molecule has 0 radical (unpaired) electrons. The SMILES string of the molecule is COc1ccc2c(c1)oc(=O)n2CN1CCCC(C)C1. The first-order valence-electron chi connectivity index (χ1n) is 7.07. The molecular weight excluding hydrogens is 256 g/mol. The first kappa shape index (κ1) is 13.2. The van der Waals surface area contributed by atoms with E-state index in [2.05, 4.69) is 11.8 Å². The van der Waals surface area contributed by atoms with Gasteiger partial charge >= 0.3 is 5.76 Å². The smallest absolute Gasteiger partial charge is 0.421 e. The van der Waals surface area contributed by atoms with E-state index in [0.29, 0.717) is 23.9 Å². The van der Waals surface area contributed by atoms with Gasteiger partial charge in [0.2, 0.25) is 0 Å². The van der Waals surface area contributed by atoms with Gasteiger partial charge in [-0.15, -0.1) is 0 Å². The van der Waals surface area contributed by atoms with Crippen LogP contribution in [0, 0.1) is 5.92 Å². The van der Waals surface area contributed by atoms with Gasteiger partial charge in [0.15, 0.2) is 5.58 Å². The number of aromatic nitrogens is 1. The molecule has 0 spiro atoms. The van der Waals surface area contributed by atoms with Gasteiger partial charge in [-0.05, 0) is 37.4 Å². The highest BCUT2D eigenvalue weighted by Crippen LogP contribution is 2.21. The van der Waals surface area contributed by atoms with Crippen LogP contribution in [-0.2, 0) is 6.67 Å². The molecular formula is C15H20N2O3. The van der Waals surface area contributed by atoms with Gasteiger partial charge in [0, 0.05) is 12.6 Å². The largest absolute Gasteiger partial charge is 0.497 e. The summed E-state index contributed by atoms with van der Waals surface area (Å²) in [6.07, 6.45) is 2.47. The summed E-state index contributed by atoms with van der Waals surface area (Å²) < 4.78 is 12.2. The Balaban J connectivity index is 1.91. The first-order chi connectivity index (χ1) is 9.67. The average Bonchev–Trinajstić information content (AvgIpc) is 2.74. The zero-order valence-electron chi connectivity index (χ0n) is 12.0. The molecule has 1 aromatic carbocycles. The Morgan fingerprint density at radius 2 is 2.30 bits per heavy atom. The minimum absolute atomic E-state index is 0.300. The molecule has 0 aliphatic carbocycles. The number of methoxy groups -OCH3 is 1. The molecule has 108 valence electrons.